The molecule has 1 aliphatic heterocycles. The van der Waals surface area contributed by atoms with Crippen molar-refractivity contribution in [3.05, 3.63) is 22.7 Å². The molecule has 1 aromatic rings. The van der Waals surface area contributed by atoms with E-state index in [1.807, 2.05) is 0 Å². The lowest BCUT2D eigenvalue weighted by atomic mass is 9.98. The summed E-state index contributed by atoms with van der Waals surface area (Å²) in [6, 6.07) is 2.00. The zero-order valence-corrected chi connectivity index (χ0v) is 17.1. The van der Waals surface area contributed by atoms with Gasteiger partial charge >= 0.3 is 5.69 Å². The van der Waals surface area contributed by atoms with E-state index in [4.69, 9.17) is 4.74 Å². The predicted molar refractivity (Wildman–Crippen MR) is 110 cm³/mol. The summed E-state index contributed by atoms with van der Waals surface area (Å²) in [4.78, 5) is 16.6. The molecule has 8 heteroatoms. The largest absolute Gasteiger partial charge is 0.394 e. The van der Waals surface area contributed by atoms with Crippen LogP contribution in [-0.4, -0.2) is 55.8 Å². The van der Waals surface area contributed by atoms with Crippen LogP contribution in [0.5, 0.6) is 0 Å². The van der Waals surface area contributed by atoms with E-state index < -0.39 is 36.8 Å². The smallest absolute Gasteiger partial charge is 0.351 e. The average Bonchev–Trinajstić information content (AvgIpc) is 2.98. The average molecular weight is 410 g/mol. The summed E-state index contributed by atoms with van der Waals surface area (Å²) in [6.45, 7) is -0.432. The highest BCUT2D eigenvalue weighted by Gasteiger charge is 2.43. The molecular weight excluding hydrogens is 374 g/mol. The summed E-state index contributed by atoms with van der Waals surface area (Å²) in [5, 5.41) is 32.7. The fourth-order valence-corrected chi connectivity index (χ4v) is 4.31. The second-order valence-corrected chi connectivity index (χ2v) is 8.33. The van der Waals surface area contributed by atoms with Crippen molar-refractivity contribution < 1.29 is 20.1 Å². The lowest BCUT2D eigenvalue weighted by Gasteiger charge is -2.21. The maximum atomic E-state index is 12.5. The molecule has 2 aliphatic rings. The molecule has 2 heterocycles. The van der Waals surface area contributed by atoms with Gasteiger partial charge in [-0.3, -0.25) is 4.57 Å². The number of aliphatic hydroxyl groups excluding tert-OH is 3. The van der Waals surface area contributed by atoms with Gasteiger partial charge in [-0.05, 0) is 18.9 Å². The van der Waals surface area contributed by atoms with Crippen LogP contribution in [0.3, 0.4) is 0 Å². The van der Waals surface area contributed by atoms with Gasteiger partial charge in [0.25, 0.3) is 0 Å². The molecule has 4 unspecified atom stereocenters. The SMILES string of the molecule is O=c1nc(NC2CCCCCCCCCCC2)ccn1C1OC(CO)C(O)C1O. The summed E-state index contributed by atoms with van der Waals surface area (Å²) in [5.41, 5.74) is -0.557. The zero-order valence-electron chi connectivity index (χ0n) is 17.1. The van der Waals surface area contributed by atoms with E-state index in [0.29, 0.717) is 11.9 Å². The molecule has 3 rings (SSSR count). The van der Waals surface area contributed by atoms with E-state index in [9.17, 15) is 20.1 Å². The molecule has 2 fully saturated rings. The topological polar surface area (TPSA) is 117 Å². The third-order valence-electron chi connectivity index (χ3n) is 6.08. The third kappa shape index (κ3) is 6.01. The molecule has 164 valence electrons. The first-order valence-electron chi connectivity index (χ1n) is 11.1. The summed E-state index contributed by atoms with van der Waals surface area (Å²) < 4.78 is 6.58. The van der Waals surface area contributed by atoms with Gasteiger partial charge in [0.15, 0.2) is 6.23 Å². The first-order chi connectivity index (χ1) is 14.1. The molecule has 29 heavy (non-hydrogen) atoms. The first-order valence-corrected chi connectivity index (χ1v) is 11.1. The lowest BCUT2D eigenvalue weighted by Crippen LogP contribution is -2.36. The highest BCUT2D eigenvalue weighted by Crippen LogP contribution is 2.28. The number of hydrogen-bond acceptors (Lipinski definition) is 7. The van der Waals surface area contributed by atoms with Gasteiger partial charge in [0.05, 0.1) is 6.61 Å². The molecule has 0 radical (unpaired) electrons. The Labute approximate surface area is 171 Å². The van der Waals surface area contributed by atoms with Crippen molar-refractivity contribution >= 4 is 5.82 Å². The van der Waals surface area contributed by atoms with Crippen molar-refractivity contribution in [1.82, 2.24) is 9.55 Å². The van der Waals surface area contributed by atoms with E-state index >= 15 is 0 Å². The maximum Gasteiger partial charge on any atom is 0.351 e. The maximum absolute atomic E-state index is 12.5. The fraction of sp³-hybridized carbons (Fsp3) is 0.810. The van der Waals surface area contributed by atoms with Crippen LogP contribution in [0.4, 0.5) is 5.82 Å². The van der Waals surface area contributed by atoms with Gasteiger partial charge in [-0.2, -0.15) is 4.98 Å². The second kappa shape index (κ2) is 11.1. The Kier molecular flexibility index (Phi) is 8.47. The number of anilines is 1. The molecule has 1 saturated carbocycles. The molecule has 4 atom stereocenters. The van der Waals surface area contributed by atoms with Crippen LogP contribution in [0.25, 0.3) is 0 Å². The van der Waals surface area contributed by atoms with E-state index in [1.165, 1.54) is 64.0 Å². The normalized spacial score (nSPS) is 30.4. The Bertz CT molecular complexity index is 671. The number of nitrogens with one attached hydrogen (secondary N) is 1. The van der Waals surface area contributed by atoms with Gasteiger partial charge in [0.2, 0.25) is 0 Å². The quantitative estimate of drug-likeness (QED) is 0.600. The minimum Gasteiger partial charge on any atom is -0.394 e. The van der Waals surface area contributed by atoms with Gasteiger partial charge in [-0.1, -0.05) is 57.8 Å². The van der Waals surface area contributed by atoms with Gasteiger partial charge in [0, 0.05) is 12.2 Å². The summed E-state index contributed by atoms with van der Waals surface area (Å²) in [7, 11) is 0. The van der Waals surface area contributed by atoms with Crippen molar-refractivity contribution in [2.45, 2.75) is 101 Å². The number of nitrogens with zero attached hydrogens (tertiary/aromatic N) is 2. The molecule has 0 amide bonds. The molecule has 0 bridgehead atoms. The van der Waals surface area contributed by atoms with Crippen LogP contribution in [-0.2, 0) is 4.74 Å². The molecule has 0 aromatic carbocycles. The Hall–Kier alpha value is -1.48. The standard InChI is InChI=1S/C21H35N3O5/c25-14-16-18(26)19(27)20(29-16)24-13-12-17(23-21(24)28)22-15-10-8-6-4-2-1-3-5-7-9-11-15/h12-13,15-16,18-20,25-27H,1-11,14H2,(H,22,23,28). The van der Waals surface area contributed by atoms with Crippen LogP contribution in [0.15, 0.2) is 17.1 Å². The highest BCUT2D eigenvalue weighted by atomic mass is 16.6. The van der Waals surface area contributed by atoms with E-state index in [0.717, 1.165) is 17.4 Å². The van der Waals surface area contributed by atoms with Crippen molar-refractivity contribution in [3.8, 4) is 0 Å². The lowest BCUT2D eigenvalue weighted by molar-refractivity contribution is -0.0549. The molecule has 0 spiro atoms. The van der Waals surface area contributed by atoms with Crippen molar-refractivity contribution in [3.63, 3.8) is 0 Å². The van der Waals surface area contributed by atoms with E-state index in [1.54, 1.807) is 6.07 Å². The van der Waals surface area contributed by atoms with Crippen molar-refractivity contribution in [2.75, 3.05) is 11.9 Å². The van der Waals surface area contributed by atoms with Crippen LogP contribution in [0, 0.1) is 0 Å². The van der Waals surface area contributed by atoms with Crippen LogP contribution < -0.4 is 11.0 Å². The van der Waals surface area contributed by atoms with Crippen molar-refractivity contribution in [2.24, 2.45) is 0 Å². The summed E-state index contributed by atoms with van der Waals surface area (Å²) in [6.07, 6.45) is 10.6. The van der Waals surface area contributed by atoms with Crippen LogP contribution >= 0.6 is 0 Å². The van der Waals surface area contributed by atoms with Gasteiger partial charge in [-0.15, -0.1) is 0 Å². The van der Waals surface area contributed by atoms with Crippen molar-refractivity contribution in [1.29, 1.82) is 0 Å². The third-order valence-corrected chi connectivity index (χ3v) is 6.08. The number of rotatable bonds is 4. The van der Waals surface area contributed by atoms with E-state index in [-0.39, 0.29) is 0 Å². The Morgan fingerprint density at radius 3 is 2.10 bits per heavy atom. The minimum atomic E-state index is -1.29. The number of aliphatic hydroxyl groups is 3. The van der Waals surface area contributed by atoms with Gasteiger partial charge < -0.3 is 25.4 Å². The van der Waals surface area contributed by atoms with Gasteiger partial charge in [0.1, 0.15) is 24.1 Å². The second-order valence-electron chi connectivity index (χ2n) is 8.33. The number of hydrogen-bond donors (Lipinski definition) is 4. The molecular formula is C21H35N3O5. The number of aromatic nitrogens is 2. The zero-order chi connectivity index (χ0) is 20.6. The number of ether oxygens (including phenoxy) is 1. The Morgan fingerprint density at radius 1 is 1.00 bits per heavy atom. The van der Waals surface area contributed by atoms with Crippen LogP contribution in [0.1, 0.15) is 76.9 Å². The first kappa shape index (κ1) is 22.2. The summed E-state index contributed by atoms with van der Waals surface area (Å²) in [5.74, 6) is 0.523. The summed E-state index contributed by atoms with van der Waals surface area (Å²) >= 11 is 0. The molecule has 1 aromatic heterocycles. The molecule has 1 aliphatic carbocycles. The monoisotopic (exact) mass is 409 g/mol. The van der Waals surface area contributed by atoms with Crippen LogP contribution in [0.2, 0.25) is 0 Å². The predicted octanol–water partition coefficient (Wildman–Crippen LogP) is 1.94. The molecule has 8 nitrogen and oxygen atoms in total. The molecule has 4 N–H and O–H groups in total. The Balaban J connectivity index is 1.63. The fourth-order valence-electron chi connectivity index (χ4n) is 4.31. The molecule has 1 saturated heterocycles. The highest BCUT2D eigenvalue weighted by molar-refractivity contribution is 5.33. The van der Waals surface area contributed by atoms with Gasteiger partial charge in [-0.25, -0.2) is 4.79 Å². The van der Waals surface area contributed by atoms with E-state index in [2.05, 4.69) is 10.3 Å². The Morgan fingerprint density at radius 2 is 1.59 bits per heavy atom. The minimum absolute atomic E-state index is 0.297.